The molecule has 2 atom stereocenters. The lowest BCUT2D eigenvalue weighted by Crippen LogP contribution is -2.44. The molecule has 1 rings (SSSR count). The van der Waals surface area contributed by atoms with E-state index in [2.05, 4.69) is 24.2 Å². The van der Waals surface area contributed by atoms with E-state index >= 15 is 0 Å². The first-order valence-electron chi connectivity index (χ1n) is 9.12. The third kappa shape index (κ3) is 8.02. The van der Waals surface area contributed by atoms with E-state index in [0.717, 1.165) is 25.4 Å². The van der Waals surface area contributed by atoms with Gasteiger partial charge in [-0.05, 0) is 79.9 Å². The fourth-order valence-electron chi connectivity index (χ4n) is 3.09. The van der Waals surface area contributed by atoms with Gasteiger partial charge in [0.2, 0.25) is 0 Å². The van der Waals surface area contributed by atoms with E-state index in [4.69, 9.17) is 4.74 Å². The number of nitrogens with one attached hydrogen (secondary N) is 1. The second-order valence-corrected chi connectivity index (χ2v) is 7.82. The van der Waals surface area contributed by atoms with Crippen LogP contribution in [0.2, 0.25) is 0 Å². The van der Waals surface area contributed by atoms with Crippen LogP contribution in [0, 0.1) is 5.92 Å². The molecule has 0 aromatic heterocycles. The molecule has 5 nitrogen and oxygen atoms in total. The molecule has 1 heterocycles. The molecule has 0 aromatic rings. The number of carbonyl (C=O) groups is 1. The van der Waals surface area contributed by atoms with Crippen LogP contribution >= 0.6 is 0 Å². The van der Waals surface area contributed by atoms with Gasteiger partial charge in [0.05, 0.1) is 0 Å². The summed E-state index contributed by atoms with van der Waals surface area (Å²) in [6, 6.07) is 0.536. The summed E-state index contributed by atoms with van der Waals surface area (Å²) in [4.78, 5) is 16.3. The van der Waals surface area contributed by atoms with Crippen molar-refractivity contribution in [3.63, 3.8) is 0 Å². The second-order valence-electron chi connectivity index (χ2n) is 7.82. The lowest BCUT2D eigenvalue weighted by atomic mass is 9.92. The number of nitrogens with zero attached hydrogens (tertiary/aromatic N) is 2. The molecule has 2 unspecified atom stereocenters. The van der Waals surface area contributed by atoms with Crippen molar-refractivity contribution < 1.29 is 9.53 Å². The molecular formula is C18H37N3O2. The van der Waals surface area contributed by atoms with Crippen molar-refractivity contribution in [1.29, 1.82) is 0 Å². The van der Waals surface area contributed by atoms with Gasteiger partial charge in [-0.25, -0.2) is 4.79 Å². The topological polar surface area (TPSA) is 44.8 Å². The zero-order chi connectivity index (χ0) is 17.5. The average molecular weight is 328 g/mol. The van der Waals surface area contributed by atoms with Crippen LogP contribution in [0.1, 0.15) is 53.9 Å². The summed E-state index contributed by atoms with van der Waals surface area (Å²) in [6.45, 7) is 14.8. The molecule has 0 aromatic carbocycles. The Kier molecular flexibility index (Phi) is 8.34. The molecule has 1 fully saturated rings. The van der Waals surface area contributed by atoms with Gasteiger partial charge in [0.15, 0.2) is 0 Å². The van der Waals surface area contributed by atoms with Gasteiger partial charge in [-0.3, -0.25) is 0 Å². The average Bonchev–Trinajstić information content (AvgIpc) is 2.45. The van der Waals surface area contributed by atoms with Gasteiger partial charge in [0, 0.05) is 25.7 Å². The number of hydrogen-bond donors (Lipinski definition) is 1. The molecule has 0 radical (unpaired) electrons. The first-order valence-corrected chi connectivity index (χ1v) is 9.12. The van der Waals surface area contributed by atoms with Crippen molar-refractivity contribution in [3.8, 4) is 0 Å². The Balaban J connectivity index is 2.25. The van der Waals surface area contributed by atoms with Crippen LogP contribution in [0.15, 0.2) is 0 Å². The van der Waals surface area contributed by atoms with Crippen molar-refractivity contribution in [2.24, 2.45) is 5.92 Å². The summed E-state index contributed by atoms with van der Waals surface area (Å²) in [5.41, 5.74) is -0.426. The molecule has 1 saturated heterocycles. The quantitative estimate of drug-likeness (QED) is 0.730. The minimum Gasteiger partial charge on any atom is -0.444 e. The Morgan fingerprint density at radius 1 is 1.43 bits per heavy atom. The number of amides is 1. The van der Waals surface area contributed by atoms with Crippen LogP contribution in [-0.4, -0.2) is 67.3 Å². The first kappa shape index (κ1) is 20.2. The maximum Gasteiger partial charge on any atom is 0.410 e. The number of carbonyl (C=O) groups excluding carboxylic acids is 1. The largest absolute Gasteiger partial charge is 0.444 e. The van der Waals surface area contributed by atoms with E-state index in [1.165, 1.54) is 25.9 Å². The molecule has 0 bridgehead atoms. The maximum absolute atomic E-state index is 12.1. The van der Waals surface area contributed by atoms with Crippen LogP contribution in [0.5, 0.6) is 0 Å². The van der Waals surface area contributed by atoms with Crippen LogP contribution in [0.25, 0.3) is 0 Å². The van der Waals surface area contributed by atoms with Crippen LogP contribution in [-0.2, 0) is 4.74 Å². The highest BCUT2D eigenvalue weighted by molar-refractivity contribution is 5.68. The van der Waals surface area contributed by atoms with E-state index in [9.17, 15) is 4.79 Å². The second kappa shape index (κ2) is 9.48. The summed E-state index contributed by atoms with van der Waals surface area (Å²) >= 11 is 0. The number of hydrogen-bond acceptors (Lipinski definition) is 4. The highest BCUT2D eigenvalue weighted by atomic mass is 16.6. The van der Waals surface area contributed by atoms with Crippen LogP contribution in [0.3, 0.4) is 0 Å². The summed E-state index contributed by atoms with van der Waals surface area (Å²) in [5, 5.41) is 3.63. The third-order valence-electron chi connectivity index (χ3n) is 4.47. The standard InChI is InChI=1S/C18H37N3O2/c1-7-21(17(22)23-18(3,4)5)13-9-11-19-15(2)16-10-8-12-20(6)14-16/h15-16,19H,7-14H2,1-6H3. The van der Waals surface area contributed by atoms with E-state index in [0.29, 0.717) is 12.6 Å². The van der Waals surface area contributed by atoms with Gasteiger partial charge in [-0.1, -0.05) is 0 Å². The molecule has 23 heavy (non-hydrogen) atoms. The molecule has 0 aliphatic carbocycles. The Morgan fingerprint density at radius 2 is 2.13 bits per heavy atom. The monoisotopic (exact) mass is 327 g/mol. The minimum absolute atomic E-state index is 0.207. The van der Waals surface area contributed by atoms with E-state index < -0.39 is 5.60 Å². The van der Waals surface area contributed by atoms with Crippen LogP contribution < -0.4 is 5.32 Å². The molecule has 1 amide bonds. The van der Waals surface area contributed by atoms with Crippen LogP contribution in [0.4, 0.5) is 4.79 Å². The number of piperidine rings is 1. The summed E-state index contributed by atoms with van der Waals surface area (Å²) in [5.74, 6) is 0.738. The fourth-order valence-corrected chi connectivity index (χ4v) is 3.09. The van der Waals surface area contributed by atoms with Gasteiger partial charge in [0.25, 0.3) is 0 Å². The smallest absolute Gasteiger partial charge is 0.410 e. The number of likely N-dealkylation sites (tertiary alicyclic amines) is 1. The molecule has 0 spiro atoms. The molecule has 0 saturated carbocycles. The maximum atomic E-state index is 12.1. The molecule has 1 aliphatic rings. The number of rotatable bonds is 7. The predicted molar refractivity (Wildman–Crippen MR) is 95.8 cm³/mol. The third-order valence-corrected chi connectivity index (χ3v) is 4.47. The van der Waals surface area contributed by atoms with Crippen molar-refractivity contribution in [2.45, 2.75) is 65.5 Å². The normalized spacial score (nSPS) is 21.0. The Bertz CT molecular complexity index is 355. The SMILES string of the molecule is CCN(CCCNC(C)C1CCCN(C)C1)C(=O)OC(C)(C)C. The molecule has 1 N–H and O–H groups in total. The van der Waals surface area contributed by atoms with E-state index in [1.54, 1.807) is 4.90 Å². The van der Waals surface area contributed by atoms with Gasteiger partial charge in [0.1, 0.15) is 5.60 Å². The van der Waals surface area contributed by atoms with Gasteiger partial charge < -0.3 is 19.9 Å². The highest BCUT2D eigenvalue weighted by Crippen LogP contribution is 2.18. The highest BCUT2D eigenvalue weighted by Gasteiger charge is 2.23. The molecule has 5 heteroatoms. The van der Waals surface area contributed by atoms with Crippen molar-refractivity contribution >= 4 is 6.09 Å². The summed E-state index contributed by atoms with van der Waals surface area (Å²) in [7, 11) is 2.21. The summed E-state index contributed by atoms with van der Waals surface area (Å²) < 4.78 is 5.44. The van der Waals surface area contributed by atoms with Crippen molar-refractivity contribution in [3.05, 3.63) is 0 Å². The predicted octanol–water partition coefficient (Wildman–Crippen LogP) is 2.95. The van der Waals surface area contributed by atoms with E-state index in [1.807, 2.05) is 27.7 Å². The molecule has 1 aliphatic heterocycles. The fraction of sp³-hybridized carbons (Fsp3) is 0.944. The first-order chi connectivity index (χ1) is 10.7. The lowest BCUT2D eigenvalue weighted by molar-refractivity contribution is 0.0258. The van der Waals surface area contributed by atoms with Crippen molar-refractivity contribution in [1.82, 2.24) is 15.1 Å². The van der Waals surface area contributed by atoms with Gasteiger partial charge >= 0.3 is 6.09 Å². The van der Waals surface area contributed by atoms with Gasteiger partial charge in [-0.2, -0.15) is 0 Å². The van der Waals surface area contributed by atoms with E-state index in [-0.39, 0.29) is 6.09 Å². The summed E-state index contributed by atoms with van der Waals surface area (Å²) in [6.07, 6.45) is 3.37. The molecule has 136 valence electrons. The zero-order valence-electron chi connectivity index (χ0n) is 16.0. The lowest BCUT2D eigenvalue weighted by Gasteiger charge is -2.34. The Morgan fingerprint density at radius 3 is 2.70 bits per heavy atom. The minimum atomic E-state index is -0.426. The Labute approximate surface area is 142 Å². The van der Waals surface area contributed by atoms with Crippen molar-refractivity contribution in [2.75, 3.05) is 39.8 Å². The number of ether oxygens (including phenoxy) is 1. The Hall–Kier alpha value is -0.810. The molecular weight excluding hydrogens is 290 g/mol. The zero-order valence-corrected chi connectivity index (χ0v) is 16.0. The van der Waals surface area contributed by atoms with Gasteiger partial charge in [-0.15, -0.1) is 0 Å².